The van der Waals surface area contributed by atoms with Crippen LogP contribution in [0.15, 0.2) is 103 Å². The van der Waals surface area contributed by atoms with Crippen LogP contribution in [0.25, 0.3) is 27.6 Å². The van der Waals surface area contributed by atoms with Crippen molar-refractivity contribution in [2.24, 2.45) is 0 Å². The van der Waals surface area contributed by atoms with Gasteiger partial charge in [0.2, 0.25) is 0 Å². The number of benzene rings is 4. The fourth-order valence-corrected chi connectivity index (χ4v) is 7.46. The molecular formula is C48H48N5OPt-3. The van der Waals surface area contributed by atoms with Crippen molar-refractivity contribution in [3.63, 3.8) is 0 Å². The topological polar surface area (TPSA) is 46.4 Å². The number of fused-ring (bicyclic) bond motifs is 4. The number of rotatable bonds is 5. The maximum absolute atomic E-state index is 6.57. The van der Waals surface area contributed by atoms with Crippen molar-refractivity contribution in [3.05, 3.63) is 144 Å². The first kappa shape index (κ1) is 38.3. The van der Waals surface area contributed by atoms with Crippen molar-refractivity contribution in [1.82, 2.24) is 14.5 Å². The molecule has 8 rings (SSSR count). The standard InChI is InChI=1S/C48H48N5O.Pt/c1-31-25-38(47(5,6)7)44(39(26-31)48(8,9)10)52-30-51(45-41(52)19-14-23-50-45)33-15-13-16-34(28-33)54-35-20-21-37-36-17-11-12-18-40(36)53(42(37)29-35)43-27-32(22-24-49-43)46(2,3)4;/h11-27,30H,1-10H3;/q-3;. The normalized spacial score (nSPS) is 13.3. The first-order valence-corrected chi connectivity index (χ1v) is 18.7. The Labute approximate surface area is 340 Å². The van der Waals surface area contributed by atoms with Gasteiger partial charge in [-0.1, -0.05) is 109 Å². The zero-order valence-electron chi connectivity index (χ0n) is 33.4. The fourth-order valence-electron chi connectivity index (χ4n) is 7.46. The zero-order valence-corrected chi connectivity index (χ0v) is 35.6. The minimum Gasteiger partial charge on any atom is -0.509 e. The fraction of sp³-hybridized carbons (Fsp3) is 0.271. The van der Waals surface area contributed by atoms with Crippen LogP contribution < -0.4 is 14.5 Å². The molecule has 1 aliphatic rings. The van der Waals surface area contributed by atoms with E-state index in [1.807, 2.05) is 36.7 Å². The Morgan fingerprint density at radius 3 is 2.05 bits per heavy atom. The van der Waals surface area contributed by atoms with Crippen molar-refractivity contribution in [2.45, 2.75) is 85.5 Å². The van der Waals surface area contributed by atoms with Crippen molar-refractivity contribution in [3.8, 4) is 17.3 Å². The van der Waals surface area contributed by atoms with Crippen LogP contribution in [0.5, 0.6) is 11.5 Å². The second-order valence-electron chi connectivity index (χ2n) is 17.5. The van der Waals surface area contributed by atoms with Gasteiger partial charge in [-0.2, -0.15) is 12.1 Å². The van der Waals surface area contributed by atoms with Crippen molar-refractivity contribution < 1.29 is 25.8 Å². The summed E-state index contributed by atoms with van der Waals surface area (Å²) < 4.78 is 8.76. The van der Waals surface area contributed by atoms with E-state index in [1.165, 1.54) is 27.9 Å². The number of ether oxygens (including phenoxy) is 1. The van der Waals surface area contributed by atoms with E-state index in [0.717, 1.165) is 44.8 Å². The molecule has 3 aromatic heterocycles. The number of hydrogen-bond donors (Lipinski definition) is 0. The van der Waals surface area contributed by atoms with E-state index in [-0.39, 0.29) is 37.3 Å². The molecule has 0 saturated carbocycles. The molecule has 4 aromatic carbocycles. The van der Waals surface area contributed by atoms with Crippen LogP contribution >= 0.6 is 0 Å². The molecule has 0 unspecified atom stereocenters. The molecule has 1 aliphatic heterocycles. The molecule has 0 N–H and O–H groups in total. The van der Waals surface area contributed by atoms with Gasteiger partial charge in [0.05, 0.1) is 5.69 Å². The second kappa shape index (κ2) is 14.0. The first-order chi connectivity index (χ1) is 25.6. The molecule has 0 saturated heterocycles. The van der Waals surface area contributed by atoms with E-state index in [9.17, 15) is 0 Å². The van der Waals surface area contributed by atoms with Gasteiger partial charge in [-0.05, 0) is 75.6 Å². The van der Waals surface area contributed by atoms with Gasteiger partial charge in [0.15, 0.2) is 0 Å². The Balaban J connectivity index is 0.00000465. The predicted molar refractivity (Wildman–Crippen MR) is 223 cm³/mol. The maximum atomic E-state index is 6.57. The monoisotopic (exact) mass is 905 g/mol. The van der Waals surface area contributed by atoms with E-state index < -0.39 is 0 Å². The van der Waals surface area contributed by atoms with Crippen molar-refractivity contribution >= 4 is 44.7 Å². The number of para-hydroxylation sites is 1. The molecule has 7 heteroatoms. The van der Waals surface area contributed by atoms with E-state index in [2.05, 4.69) is 169 Å². The van der Waals surface area contributed by atoms with Crippen LogP contribution in [0.3, 0.4) is 0 Å². The van der Waals surface area contributed by atoms with Crippen LogP contribution in [0.1, 0.15) is 84.6 Å². The maximum Gasteiger partial charge on any atom is 0.135 e. The van der Waals surface area contributed by atoms with Gasteiger partial charge in [-0.25, -0.2) is 9.97 Å². The van der Waals surface area contributed by atoms with Crippen molar-refractivity contribution in [1.29, 1.82) is 0 Å². The molecule has 0 bridgehead atoms. The molecule has 0 amide bonds. The smallest absolute Gasteiger partial charge is 0.135 e. The third-order valence-corrected chi connectivity index (χ3v) is 10.2. The van der Waals surface area contributed by atoms with Crippen LogP contribution in [0.4, 0.5) is 22.9 Å². The SMILES string of the molecule is Cc1cc(C(C)(C)C)c(N2[CH-]N(c3[c-]c(Oc4[c-]c5c(cc4)c4ccccc4n5-c4cc(C(C)(C)C)ccn4)ccc3)c3ncccc32)c(C(C)(C)C)c1.[Pt]. The van der Waals surface area contributed by atoms with Crippen LogP contribution in [-0.2, 0) is 37.3 Å². The minimum atomic E-state index is -0.0837. The third-order valence-electron chi connectivity index (χ3n) is 10.2. The largest absolute Gasteiger partial charge is 0.509 e. The molecule has 4 heterocycles. The Morgan fingerprint density at radius 1 is 0.636 bits per heavy atom. The quantitative estimate of drug-likeness (QED) is 0.161. The van der Waals surface area contributed by atoms with Crippen LogP contribution in [0, 0.1) is 25.7 Å². The average molecular weight is 906 g/mol. The van der Waals surface area contributed by atoms with Gasteiger partial charge >= 0.3 is 0 Å². The molecule has 0 fully saturated rings. The van der Waals surface area contributed by atoms with Gasteiger partial charge in [0.1, 0.15) is 11.6 Å². The van der Waals surface area contributed by atoms with Gasteiger partial charge in [-0.3, -0.25) is 0 Å². The zero-order chi connectivity index (χ0) is 38.2. The number of aromatic nitrogens is 3. The summed E-state index contributed by atoms with van der Waals surface area (Å²) in [7, 11) is 0. The molecule has 0 atom stereocenters. The Bertz CT molecular complexity index is 2510. The summed E-state index contributed by atoms with van der Waals surface area (Å²) in [6, 6.07) is 38.8. The summed E-state index contributed by atoms with van der Waals surface area (Å²) >= 11 is 0. The summed E-state index contributed by atoms with van der Waals surface area (Å²) in [6.07, 6.45) is 3.75. The van der Waals surface area contributed by atoms with E-state index in [0.29, 0.717) is 11.5 Å². The number of anilines is 4. The number of hydrogen-bond acceptors (Lipinski definition) is 5. The predicted octanol–water partition coefficient (Wildman–Crippen LogP) is 12.6. The average Bonchev–Trinajstić information content (AvgIpc) is 3.66. The van der Waals surface area contributed by atoms with E-state index >= 15 is 0 Å². The number of nitrogens with zero attached hydrogens (tertiary/aromatic N) is 5. The van der Waals surface area contributed by atoms with E-state index in [1.54, 1.807) is 0 Å². The molecule has 7 aromatic rings. The molecule has 6 nitrogen and oxygen atoms in total. The summed E-state index contributed by atoms with van der Waals surface area (Å²) in [5.41, 5.74) is 9.93. The van der Waals surface area contributed by atoms with Gasteiger partial charge in [0.25, 0.3) is 0 Å². The number of aryl methyl sites for hydroxylation is 1. The summed E-state index contributed by atoms with van der Waals surface area (Å²) in [4.78, 5) is 14.2. The van der Waals surface area contributed by atoms with Crippen LogP contribution in [0.2, 0.25) is 0 Å². The van der Waals surface area contributed by atoms with Crippen LogP contribution in [-0.4, -0.2) is 14.5 Å². The number of pyridine rings is 2. The van der Waals surface area contributed by atoms with Gasteiger partial charge in [-0.15, -0.1) is 42.4 Å². The van der Waals surface area contributed by atoms with E-state index in [4.69, 9.17) is 14.7 Å². The van der Waals surface area contributed by atoms with Gasteiger partial charge in [0, 0.05) is 56.2 Å². The molecule has 0 spiro atoms. The van der Waals surface area contributed by atoms with Crippen molar-refractivity contribution in [2.75, 3.05) is 9.80 Å². The first-order valence-electron chi connectivity index (χ1n) is 18.7. The Morgan fingerprint density at radius 2 is 1.35 bits per heavy atom. The third kappa shape index (κ3) is 7.06. The summed E-state index contributed by atoms with van der Waals surface area (Å²) in [5, 5.41) is 2.23. The molecule has 284 valence electrons. The summed E-state index contributed by atoms with van der Waals surface area (Å²) in [5.74, 6) is 2.88. The Kier molecular flexibility index (Phi) is 9.74. The van der Waals surface area contributed by atoms with Gasteiger partial charge < -0.3 is 19.1 Å². The molecule has 55 heavy (non-hydrogen) atoms. The molecule has 0 radical (unpaired) electrons. The molecular weight excluding hydrogens is 858 g/mol. The minimum absolute atomic E-state index is 0. The summed E-state index contributed by atoms with van der Waals surface area (Å²) in [6.45, 7) is 24.8. The second-order valence-corrected chi connectivity index (χ2v) is 17.5. The Hall–Kier alpha value is -4.93. The molecule has 0 aliphatic carbocycles.